The molecule has 2 saturated heterocycles. The number of hydrazine groups is 1. The molecule has 0 bridgehead atoms. The van der Waals surface area contributed by atoms with Crippen LogP contribution in [0.1, 0.15) is 36.4 Å². The van der Waals surface area contributed by atoms with Crippen LogP contribution < -0.4 is 25.6 Å². The summed E-state index contributed by atoms with van der Waals surface area (Å²) >= 11 is 0. The summed E-state index contributed by atoms with van der Waals surface area (Å²) in [4.78, 5) is 15.0. The molecule has 2 aromatic rings. The largest absolute Gasteiger partial charge is 0.497 e. The zero-order chi connectivity index (χ0) is 21.6. The topological polar surface area (TPSA) is 74.9 Å². The van der Waals surface area contributed by atoms with Crippen molar-refractivity contribution in [1.29, 1.82) is 0 Å². The van der Waals surface area contributed by atoms with Gasteiger partial charge in [0.25, 0.3) is 0 Å². The molecule has 7 nitrogen and oxygen atoms in total. The number of hydrogen-bond acceptors (Lipinski definition) is 6. The van der Waals surface area contributed by atoms with Gasteiger partial charge in [-0.1, -0.05) is 30.3 Å². The van der Waals surface area contributed by atoms with Crippen molar-refractivity contribution in [2.75, 3.05) is 27.3 Å². The van der Waals surface area contributed by atoms with Gasteiger partial charge in [0, 0.05) is 30.7 Å². The van der Waals surface area contributed by atoms with Crippen LogP contribution in [0.15, 0.2) is 48.5 Å². The number of benzene rings is 2. The van der Waals surface area contributed by atoms with Gasteiger partial charge in [0.1, 0.15) is 11.5 Å². The highest BCUT2D eigenvalue weighted by molar-refractivity contribution is 5.79. The monoisotopic (exact) mass is 424 g/mol. The third-order valence-electron chi connectivity index (χ3n) is 6.28. The zero-order valence-corrected chi connectivity index (χ0v) is 18.3. The maximum Gasteiger partial charge on any atom is 0.224 e. The lowest BCUT2D eigenvalue weighted by molar-refractivity contribution is -0.121. The standard InChI is InChI=1S/C24H32N4O3/c1-30-20-9-7-17(8-10-20)21-16-23(27-26-21)28-13-11-19(12-14-28)25-24(29)15-18-5-3-4-6-22(18)31-2/h3-10,19,21,23,26-27H,11-16H2,1-2H3,(H,25,29). The summed E-state index contributed by atoms with van der Waals surface area (Å²) in [7, 11) is 3.32. The molecule has 2 unspecified atom stereocenters. The zero-order valence-electron chi connectivity index (χ0n) is 18.3. The van der Waals surface area contributed by atoms with Crippen molar-refractivity contribution in [2.45, 2.75) is 43.9 Å². The Morgan fingerprint density at radius 1 is 1.03 bits per heavy atom. The number of methoxy groups -OCH3 is 2. The lowest BCUT2D eigenvalue weighted by Crippen LogP contribution is -2.51. The smallest absolute Gasteiger partial charge is 0.224 e. The summed E-state index contributed by atoms with van der Waals surface area (Å²) in [5.74, 6) is 1.70. The SMILES string of the molecule is COc1ccc(C2CC(N3CCC(NC(=O)Cc4ccccc4OC)CC3)NN2)cc1. The van der Waals surface area contributed by atoms with E-state index in [1.807, 2.05) is 36.4 Å². The van der Waals surface area contributed by atoms with Gasteiger partial charge >= 0.3 is 0 Å². The normalized spacial score (nSPS) is 22.3. The Labute approximate surface area is 184 Å². The van der Waals surface area contributed by atoms with E-state index < -0.39 is 0 Å². The van der Waals surface area contributed by atoms with Crippen molar-refractivity contribution in [3.8, 4) is 11.5 Å². The molecular formula is C24H32N4O3. The molecule has 2 aliphatic rings. The van der Waals surface area contributed by atoms with Crippen LogP contribution in [-0.4, -0.2) is 50.3 Å². The molecule has 7 heteroatoms. The Morgan fingerprint density at radius 2 is 1.77 bits per heavy atom. The lowest BCUT2D eigenvalue weighted by atomic mass is 10.0. The molecule has 0 aromatic heterocycles. The Kier molecular flexibility index (Phi) is 7.06. The molecule has 0 radical (unpaired) electrons. The number of nitrogens with zero attached hydrogens (tertiary/aromatic N) is 1. The highest BCUT2D eigenvalue weighted by Crippen LogP contribution is 2.27. The number of hydrogen-bond donors (Lipinski definition) is 3. The molecule has 2 atom stereocenters. The molecule has 166 valence electrons. The van der Waals surface area contributed by atoms with Gasteiger partial charge in [-0.3, -0.25) is 9.69 Å². The van der Waals surface area contributed by atoms with Gasteiger partial charge in [0.2, 0.25) is 5.91 Å². The minimum atomic E-state index is 0.0585. The molecule has 31 heavy (non-hydrogen) atoms. The number of carbonyl (C=O) groups excluding carboxylic acids is 1. The van der Waals surface area contributed by atoms with Crippen LogP contribution in [0.4, 0.5) is 0 Å². The number of nitrogens with one attached hydrogen (secondary N) is 3. The summed E-state index contributed by atoms with van der Waals surface area (Å²) in [6.07, 6.45) is 3.59. The minimum absolute atomic E-state index is 0.0585. The van der Waals surface area contributed by atoms with Gasteiger partial charge in [0.05, 0.1) is 26.8 Å². The molecule has 0 saturated carbocycles. The van der Waals surface area contributed by atoms with Gasteiger partial charge in [0.15, 0.2) is 0 Å². The van der Waals surface area contributed by atoms with Crippen LogP contribution in [0, 0.1) is 0 Å². The van der Waals surface area contributed by atoms with E-state index in [0.717, 1.165) is 49.4 Å². The summed E-state index contributed by atoms with van der Waals surface area (Å²) in [5.41, 5.74) is 9.05. The minimum Gasteiger partial charge on any atom is -0.497 e. The van der Waals surface area contributed by atoms with Crippen LogP contribution in [0.5, 0.6) is 11.5 Å². The quantitative estimate of drug-likeness (QED) is 0.634. The third-order valence-corrected chi connectivity index (χ3v) is 6.28. The second-order valence-corrected chi connectivity index (χ2v) is 8.23. The summed E-state index contributed by atoms with van der Waals surface area (Å²) < 4.78 is 10.6. The Morgan fingerprint density at radius 3 is 2.48 bits per heavy atom. The first-order valence-electron chi connectivity index (χ1n) is 11.0. The van der Waals surface area contributed by atoms with E-state index in [-0.39, 0.29) is 18.0 Å². The van der Waals surface area contributed by atoms with Crippen molar-refractivity contribution in [1.82, 2.24) is 21.1 Å². The van der Waals surface area contributed by atoms with Gasteiger partial charge in [-0.25, -0.2) is 10.9 Å². The maximum absolute atomic E-state index is 12.5. The van der Waals surface area contributed by atoms with E-state index in [0.29, 0.717) is 12.6 Å². The fraction of sp³-hybridized carbons (Fsp3) is 0.458. The van der Waals surface area contributed by atoms with E-state index >= 15 is 0 Å². The fourth-order valence-corrected chi connectivity index (χ4v) is 4.49. The Bertz CT molecular complexity index is 865. The fourth-order valence-electron chi connectivity index (χ4n) is 4.49. The summed E-state index contributed by atoms with van der Waals surface area (Å²) in [6, 6.07) is 16.4. The summed E-state index contributed by atoms with van der Waals surface area (Å²) in [5, 5.41) is 3.21. The van der Waals surface area contributed by atoms with Crippen LogP contribution >= 0.6 is 0 Å². The predicted octanol–water partition coefficient (Wildman–Crippen LogP) is 2.39. The van der Waals surface area contributed by atoms with E-state index in [2.05, 4.69) is 33.2 Å². The van der Waals surface area contributed by atoms with Crippen molar-refractivity contribution >= 4 is 5.91 Å². The number of carbonyl (C=O) groups is 1. The van der Waals surface area contributed by atoms with E-state index in [4.69, 9.17) is 9.47 Å². The number of para-hydroxylation sites is 1. The van der Waals surface area contributed by atoms with Crippen molar-refractivity contribution < 1.29 is 14.3 Å². The first kappa shape index (κ1) is 21.6. The predicted molar refractivity (Wildman–Crippen MR) is 120 cm³/mol. The van der Waals surface area contributed by atoms with E-state index in [1.54, 1.807) is 14.2 Å². The van der Waals surface area contributed by atoms with Gasteiger partial charge in [-0.05, 0) is 43.0 Å². The first-order valence-corrected chi connectivity index (χ1v) is 11.0. The average molecular weight is 425 g/mol. The van der Waals surface area contributed by atoms with Crippen LogP contribution in [0.2, 0.25) is 0 Å². The second-order valence-electron chi connectivity index (χ2n) is 8.23. The highest BCUT2D eigenvalue weighted by Gasteiger charge is 2.32. The first-order chi connectivity index (χ1) is 15.2. The summed E-state index contributed by atoms with van der Waals surface area (Å²) in [6.45, 7) is 1.93. The number of likely N-dealkylation sites (tertiary alicyclic amines) is 1. The van der Waals surface area contributed by atoms with Gasteiger partial charge < -0.3 is 14.8 Å². The third kappa shape index (κ3) is 5.36. The number of rotatable bonds is 7. The molecule has 1 amide bonds. The van der Waals surface area contributed by atoms with Crippen molar-refractivity contribution in [3.63, 3.8) is 0 Å². The highest BCUT2D eigenvalue weighted by atomic mass is 16.5. The lowest BCUT2D eigenvalue weighted by Gasteiger charge is -2.35. The molecular weight excluding hydrogens is 392 g/mol. The van der Waals surface area contributed by atoms with Crippen LogP contribution in [0.3, 0.4) is 0 Å². The molecule has 0 aliphatic carbocycles. The van der Waals surface area contributed by atoms with E-state index in [1.165, 1.54) is 5.56 Å². The molecule has 0 spiro atoms. The molecule has 2 aromatic carbocycles. The molecule has 2 fully saturated rings. The van der Waals surface area contributed by atoms with E-state index in [9.17, 15) is 4.79 Å². The Hall–Kier alpha value is -2.61. The van der Waals surface area contributed by atoms with Crippen LogP contribution in [0.25, 0.3) is 0 Å². The molecule has 4 rings (SSSR count). The Balaban J connectivity index is 1.23. The second kappa shape index (κ2) is 10.1. The van der Waals surface area contributed by atoms with Gasteiger partial charge in [-0.15, -0.1) is 0 Å². The molecule has 2 aliphatic heterocycles. The number of amides is 1. The van der Waals surface area contributed by atoms with Crippen LogP contribution in [-0.2, 0) is 11.2 Å². The van der Waals surface area contributed by atoms with Gasteiger partial charge in [-0.2, -0.15) is 0 Å². The number of ether oxygens (including phenoxy) is 2. The average Bonchev–Trinajstić information content (AvgIpc) is 3.30. The van der Waals surface area contributed by atoms with Crippen molar-refractivity contribution in [3.05, 3.63) is 59.7 Å². The van der Waals surface area contributed by atoms with Crippen molar-refractivity contribution in [2.24, 2.45) is 0 Å². The molecule has 2 heterocycles. The number of piperidine rings is 1. The molecule has 3 N–H and O–H groups in total. The maximum atomic E-state index is 12.5.